The van der Waals surface area contributed by atoms with Gasteiger partial charge in [-0.2, -0.15) is 13.2 Å². The van der Waals surface area contributed by atoms with Crippen LogP contribution in [0.2, 0.25) is 0 Å². The molecule has 0 aliphatic heterocycles. The summed E-state index contributed by atoms with van der Waals surface area (Å²) in [6.07, 6.45) is -3.03. The van der Waals surface area contributed by atoms with Crippen molar-refractivity contribution in [2.45, 2.75) is 5.61 Å². The molecule has 0 aliphatic carbocycles. The van der Waals surface area contributed by atoms with Crippen molar-refractivity contribution in [3.63, 3.8) is 0 Å². The maximum Gasteiger partial charge on any atom is 0.421 e. The van der Waals surface area contributed by atoms with E-state index in [1.165, 1.54) is 28.7 Å². The van der Waals surface area contributed by atoms with Gasteiger partial charge in [0.15, 0.2) is 0 Å². The van der Waals surface area contributed by atoms with Gasteiger partial charge in [0, 0.05) is 0 Å². The van der Waals surface area contributed by atoms with Crippen molar-refractivity contribution in [2.75, 3.05) is 0 Å². The van der Waals surface area contributed by atoms with Crippen molar-refractivity contribution in [1.29, 1.82) is 0 Å². The van der Waals surface area contributed by atoms with E-state index >= 15 is 0 Å². The van der Waals surface area contributed by atoms with Crippen LogP contribution in [0.1, 0.15) is 0 Å². The molecule has 0 atom stereocenters. The summed E-state index contributed by atoms with van der Waals surface area (Å²) in [5.74, 6) is 0. The number of alkyl halides is 6. The van der Waals surface area contributed by atoms with Gasteiger partial charge in [0.05, 0.1) is 3.58 Å². The van der Waals surface area contributed by atoms with Crippen LogP contribution < -0.4 is 0 Å². The zero-order chi connectivity index (χ0) is 9.28. The summed E-state index contributed by atoms with van der Waals surface area (Å²) >= 11 is 7.07. The maximum atomic E-state index is 11.9. The molecule has 0 aromatic carbocycles. The Hall–Kier alpha value is 2.45. The Morgan fingerprint density at radius 2 is 1.45 bits per heavy atom. The molecule has 0 nitrogen and oxygen atoms in total. The molecule has 0 bridgehead atoms. The van der Waals surface area contributed by atoms with Crippen LogP contribution in [0.4, 0.5) is 13.2 Å². The monoisotopic (exact) mass is 614 g/mol. The lowest BCUT2D eigenvalue weighted by Crippen LogP contribution is -2.09. The number of hydrogen-bond donors (Lipinski definition) is 0. The van der Waals surface area contributed by atoms with Crippen LogP contribution in [0.3, 0.4) is 0 Å². The molecule has 0 spiro atoms. The minimum absolute atomic E-state index is 0.501. The molecule has 0 saturated carbocycles. The van der Waals surface area contributed by atoms with E-state index in [4.69, 9.17) is 0 Å². The number of hydrogen-bond acceptors (Lipinski definition) is 0. The first-order chi connectivity index (χ1) is 4.63. The predicted octanol–water partition coefficient (Wildman–Crippen LogP) is 4.83. The average molecular weight is 614 g/mol. The van der Waals surface area contributed by atoms with Gasteiger partial charge >= 0.3 is 6.18 Å². The molecule has 0 radical (unpaired) electrons. The van der Waals surface area contributed by atoms with Gasteiger partial charge in [-0.1, -0.05) is 67.8 Å². The van der Waals surface area contributed by atoms with Crippen LogP contribution in [0.15, 0.2) is 9.66 Å². The Kier molecular flexibility index (Phi) is 5.86. The van der Waals surface area contributed by atoms with Crippen LogP contribution in [0.5, 0.6) is 0 Å². The van der Waals surface area contributed by atoms with E-state index in [0.29, 0.717) is 0 Å². The minimum atomic E-state index is -4.20. The molecule has 0 saturated heterocycles. The lowest BCUT2D eigenvalue weighted by molar-refractivity contribution is -0.0818. The van der Waals surface area contributed by atoms with E-state index in [-0.39, 0.29) is 0 Å². The molecule has 0 unspecified atom stereocenters. The van der Waals surface area contributed by atoms with Gasteiger partial charge in [0.1, 0.15) is -0.565 Å². The van der Waals surface area contributed by atoms with E-state index in [1.54, 1.807) is 0 Å². The molecule has 7 heteroatoms. The molecule has 0 aromatic rings. The highest BCUT2D eigenvalue weighted by Crippen LogP contribution is 2.42. The lowest BCUT2D eigenvalue weighted by Gasteiger charge is -2.09. The Balaban J connectivity index is 4.49. The number of allylic oxidation sites excluding steroid dienone is 2. The van der Waals surface area contributed by atoms with E-state index in [2.05, 4.69) is 0 Å². The van der Waals surface area contributed by atoms with Crippen LogP contribution in [0.25, 0.3) is 0 Å². The van der Waals surface area contributed by atoms with E-state index < -0.39 is 9.19 Å². The first-order valence-electron chi connectivity index (χ1n) is 2.15. The fourth-order valence-corrected chi connectivity index (χ4v) is 3.41. The minimum Gasteiger partial charge on any atom is -0.166 e. The Morgan fingerprint density at radius 1 is 1.09 bits per heavy atom. The zero-order valence-electron chi connectivity index (χ0n) is 4.72. The van der Waals surface area contributed by atoms with E-state index in [0.717, 1.165) is 0 Å². The lowest BCUT2D eigenvalue weighted by atomic mass is 10.5. The van der Waals surface area contributed by atoms with Gasteiger partial charge in [-0.15, -0.1) is 0 Å². The largest absolute Gasteiger partial charge is 0.421 e. The third kappa shape index (κ3) is 7.52. The smallest absolute Gasteiger partial charge is 0.166 e. The van der Waals surface area contributed by atoms with E-state index in [1.807, 2.05) is 67.8 Å². The van der Waals surface area contributed by atoms with Crippen molar-refractivity contribution in [2.24, 2.45) is 0 Å². The highest BCUT2D eigenvalue weighted by atomic mass is 127. The summed E-state index contributed by atoms with van der Waals surface area (Å²) in [5.41, 5.74) is 0. The Bertz CT molecular complexity index is 165. The molecule has 0 aromatic heterocycles. The van der Waals surface area contributed by atoms with Crippen molar-refractivity contribution in [1.82, 2.24) is 0 Å². The number of halogens is 7. The molecule has 0 amide bonds. The van der Waals surface area contributed by atoms with Crippen molar-refractivity contribution in [3.8, 4) is 0 Å². The Labute approximate surface area is 117 Å². The normalized spacial score (nSPS) is 15.4. The number of rotatable bonds is 1. The van der Waals surface area contributed by atoms with Gasteiger partial charge in [0.25, 0.3) is 0 Å². The van der Waals surface area contributed by atoms with E-state index in [9.17, 15) is 13.2 Å². The summed E-state index contributed by atoms with van der Waals surface area (Å²) in [5, 5.41) is 0. The fraction of sp³-hybridized carbons (Fsp3) is 0.500. The van der Waals surface area contributed by atoms with Gasteiger partial charge in [-0.3, -0.25) is 0 Å². The van der Waals surface area contributed by atoms with Crippen LogP contribution in [-0.2, 0) is 0 Å². The second kappa shape index (κ2) is 4.79. The van der Waals surface area contributed by atoms with Gasteiger partial charge in [-0.05, 0) is 28.7 Å². The summed E-state index contributed by atoms with van der Waals surface area (Å²) in [6, 6.07) is 0. The van der Waals surface area contributed by atoms with Gasteiger partial charge in [-0.25, -0.2) is 0 Å². The van der Waals surface area contributed by atoms with Crippen molar-refractivity contribution in [3.05, 3.63) is 9.66 Å². The molecule has 0 N–H and O–H groups in total. The fourth-order valence-electron chi connectivity index (χ4n) is 0.226. The molecule has 11 heavy (non-hydrogen) atoms. The molecular weight excluding hydrogens is 613 g/mol. The third-order valence-electron chi connectivity index (χ3n) is 0.561. The SMILES string of the molecule is FC(F)(F)C(I)=CC(I)(I)I. The zero-order valence-corrected chi connectivity index (χ0v) is 13.4. The second-order valence-corrected chi connectivity index (χ2v) is 14.0. The Morgan fingerprint density at radius 3 is 1.55 bits per heavy atom. The summed E-state index contributed by atoms with van der Waals surface area (Å²) in [6.45, 7) is 0. The highest BCUT2D eigenvalue weighted by molar-refractivity contribution is 14.3. The van der Waals surface area contributed by atoms with Crippen LogP contribution in [-0.4, -0.2) is 5.61 Å². The summed E-state index contributed by atoms with van der Waals surface area (Å²) in [4.78, 5) is 0. The first kappa shape index (κ1) is 13.4. The molecule has 66 valence electrons. The van der Waals surface area contributed by atoms with Crippen LogP contribution >= 0.6 is 90.4 Å². The molecule has 0 fully saturated rings. The standard InChI is InChI=1S/C4HF3I4/c5-4(6,7)2(8)1-3(9,10)11/h1H. The second-order valence-electron chi connectivity index (χ2n) is 1.53. The van der Waals surface area contributed by atoms with Crippen molar-refractivity contribution < 1.29 is 13.2 Å². The maximum absolute atomic E-state index is 11.9. The highest BCUT2D eigenvalue weighted by Gasteiger charge is 2.33. The molecule has 0 aliphatic rings. The summed E-state index contributed by atoms with van der Waals surface area (Å²) in [7, 11) is 0. The van der Waals surface area contributed by atoms with Crippen LogP contribution in [0, 0.1) is 0 Å². The third-order valence-corrected chi connectivity index (χ3v) is 2.42. The molecular formula is C4HF3I4. The molecule has 0 heterocycles. The first-order valence-corrected chi connectivity index (χ1v) is 6.47. The van der Waals surface area contributed by atoms with Gasteiger partial charge in [0.2, 0.25) is 0 Å². The van der Waals surface area contributed by atoms with Crippen molar-refractivity contribution >= 4 is 90.4 Å². The average Bonchev–Trinajstić information content (AvgIpc) is 1.56. The molecule has 0 rings (SSSR count). The quantitative estimate of drug-likeness (QED) is 0.294. The summed E-state index contributed by atoms with van der Waals surface area (Å²) < 4.78 is 34.6. The van der Waals surface area contributed by atoms with Gasteiger partial charge < -0.3 is 0 Å². The predicted molar refractivity (Wildman–Crippen MR) is 72.9 cm³/mol. The topological polar surface area (TPSA) is 0 Å².